The number of anilines is 1. The Hall–Kier alpha value is -2.89. The summed E-state index contributed by atoms with van der Waals surface area (Å²) in [5.74, 6) is 0.854. The number of hydrogen-bond acceptors (Lipinski definition) is 4. The molecular formula is C22H19ClN4O. The Bertz CT molecular complexity index is 1120. The fourth-order valence-electron chi connectivity index (χ4n) is 3.54. The van der Waals surface area contributed by atoms with Crippen LogP contribution in [-0.2, 0) is 4.74 Å². The Balaban J connectivity index is 1.45. The lowest BCUT2D eigenvalue weighted by atomic mass is 10.1. The van der Waals surface area contributed by atoms with Crippen LogP contribution in [0.15, 0.2) is 60.8 Å². The van der Waals surface area contributed by atoms with Crippen molar-refractivity contribution in [2.75, 3.05) is 31.2 Å². The van der Waals surface area contributed by atoms with Crippen molar-refractivity contribution >= 4 is 28.3 Å². The number of H-pyrrole nitrogens is 1. The molecule has 1 saturated heterocycles. The van der Waals surface area contributed by atoms with E-state index in [2.05, 4.69) is 33.1 Å². The highest BCUT2D eigenvalue weighted by Crippen LogP contribution is 2.29. The van der Waals surface area contributed by atoms with Crippen molar-refractivity contribution in [3.05, 3.63) is 65.8 Å². The number of pyridine rings is 1. The Morgan fingerprint density at radius 2 is 1.75 bits per heavy atom. The van der Waals surface area contributed by atoms with Crippen LogP contribution < -0.4 is 4.90 Å². The van der Waals surface area contributed by atoms with Gasteiger partial charge in [-0.25, -0.2) is 4.98 Å². The molecule has 0 spiro atoms. The molecule has 2 aromatic heterocycles. The number of nitrogens with one attached hydrogen (secondary N) is 1. The van der Waals surface area contributed by atoms with Gasteiger partial charge in [0.05, 0.1) is 35.0 Å². The minimum absolute atomic E-state index is 0.648. The van der Waals surface area contributed by atoms with Crippen LogP contribution >= 0.6 is 11.6 Å². The van der Waals surface area contributed by atoms with Gasteiger partial charge in [-0.3, -0.25) is 4.98 Å². The van der Waals surface area contributed by atoms with E-state index in [1.807, 2.05) is 36.4 Å². The van der Waals surface area contributed by atoms with Crippen molar-refractivity contribution in [2.24, 2.45) is 0 Å². The highest BCUT2D eigenvalue weighted by molar-refractivity contribution is 6.33. The normalized spacial score (nSPS) is 14.5. The van der Waals surface area contributed by atoms with E-state index in [0.29, 0.717) is 5.02 Å². The van der Waals surface area contributed by atoms with E-state index in [1.54, 1.807) is 6.20 Å². The van der Waals surface area contributed by atoms with Gasteiger partial charge in [0.1, 0.15) is 5.82 Å². The number of rotatable bonds is 3. The van der Waals surface area contributed by atoms with Crippen LogP contribution in [0.25, 0.3) is 33.7 Å². The highest BCUT2D eigenvalue weighted by Gasteiger charge is 2.13. The number of fused-ring (bicyclic) bond motifs is 1. The number of aromatic amines is 1. The molecule has 1 fully saturated rings. The lowest BCUT2D eigenvalue weighted by Gasteiger charge is -2.28. The topological polar surface area (TPSA) is 54.0 Å². The molecule has 0 aliphatic carbocycles. The van der Waals surface area contributed by atoms with Gasteiger partial charge < -0.3 is 14.6 Å². The standard InChI is InChI=1S/C22H19ClN4O/c23-18-2-1-9-24-21(18)15-3-5-16(6-4-15)22-25-19-8-7-17(14-20(19)26-22)27-10-12-28-13-11-27/h1-9,14H,10-13H2,(H,25,26). The lowest BCUT2D eigenvalue weighted by molar-refractivity contribution is 0.122. The number of aromatic nitrogens is 3. The molecule has 5 nitrogen and oxygen atoms in total. The molecule has 6 heteroatoms. The van der Waals surface area contributed by atoms with Crippen LogP contribution in [0.5, 0.6) is 0 Å². The number of imidazole rings is 1. The fourth-order valence-corrected chi connectivity index (χ4v) is 3.77. The minimum Gasteiger partial charge on any atom is -0.378 e. The molecule has 0 amide bonds. The molecular weight excluding hydrogens is 372 g/mol. The zero-order chi connectivity index (χ0) is 18.9. The van der Waals surface area contributed by atoms with Crippen molar-refractivity contribution in [2.45, 2.75) is 0 Å². The first-order chi connectivity index (χ1) is 13.8. The van der Waals surface area contributed by atoms with Crippen molar-refractivity contribution in [3.63, 3.8) is 0 Å². The van der Waals surface area contributed by atoms with Crippen molar-refractivity contribution in [1.29, 1.82) is 0 Å². The monoisotopic (exact) mass is 390 g/mol. The Kier molecular flexibility index (Phi) is 4.47. The molecule has 28 heavy (non-hydrogen) atoms. The number of morpholine rings is 1. The third-order valence-electron chi connectivity index (χ3n) is 5.03. The van der Waals surface area contributed by atoms with Crippen LogP contribution in [0.4, 0.5) is 5.69 Å². The summed E-state index contributed by atoms with van der Waals surface area (Å²) >= 11 is 6.26. The molecule has 0 unspecified atom stereocenters. The first-order valence-corrected chi connectivity index (χ1v) is 9.69. The summed E-state index contributed by atoms with van der Waals surface area (Å²) < 4.78 is 5.45. The van der Waals surface area contributed by atoms with E-state index in [-0.39, 0.29) is 0 Å². The number of ether oxygens (including phenoxy) is 1. The highest BCUT2D eigenvalue weighted by atomic mass is 35.5. The zero-order valence-corrected chi connectivity index (χ0v) is 16.0. The SMILES string of the molecule is Clc1cccnc1-c1ccc(-c2nc3ccc(N4CCOCC4)cc3[nH]2)cc1. The maximum absolute atomic E-state index is 6.26. The lowest BCUT2D eigenvalue weighted by Crippen LogP contribution is -2.36. The quantitative estimate of drug-likeness (QED) is 0.547. The summed E-state index contributed by atoms with van der Waals surface area (Å²) in [6.45, 7) is 3.39. The van der Waals surface area contributed by atoms with Crippen LogP contribution in [0.2, 0.25) is 5.02 Å². The Morgan fingerprint density at radius 3 is 2.54 bits per heavy atom. The molecule has 0 radical (unpaired) electrons. The summed E-state index contributed by atoms with van der Waals surface area (Å²) in [5.41, 5.74) is 6.00. The zero-order valence-electron chi connectivity index (χ0n) is 15.2. The molecule has 140 valence electrons. The van der Waals surface area contributed by atoms with Gasteiger partial charge in [-0.1, -0.05) is 35.9 Å². The van der Waals surface area contributed by atoms with Gasteiger partial charge in [-0.15, -0.1) is 0 Å². The predicted octanol–water partition coefficient (Wildman–Crippen LogP) is 4.78. The van der Waals surface area contributed by atoms with Gasteiger partial charge in [-0.05, 0) is 30.3 Å². The van der Waals surface area contributed by atoms with Gasteiger partial charge in [0, 0.05) is 36.1 Å². The van der Waals surface area contributed by atoms with Crippen LogP contribution in [0.1, 0.15) is 0 Å². The first-order valence-electron chi connectivity index (χ1n) is 9.32. The maximum atomic E-state index is 6.26. The van der Waals surface area contributed by atoms with Crippen molar-refractivity contribution < 1.29 is 4.74 Å². The minimum atomic E-state index is 0.648. The summed E-state index contributed by atoms with van der Waals surface area (Å²) in [6.07, 6.45) is 1.75. The molecule has 1 aliphatic heterocycles. The fraction of sp³-hybridized carbons (Fsp3) is 0.182. The average Bonchev–Trinajstić information content (AvgIpc) is 3.18. The van der Waals surface area contributed by atoms with Crippen LogP contribution in [0.3, 0.4) is 0 Å². The van der Waals surface area contributed by atoms with Crippen molar-refractivity contribution in [1.82, 2.24) is 15.0 Å². The third-order valence-corrected chi connectivity index (χ3v) is 5.34. The molecule has 0 atom stereocenters. The first kappa shape index (κ1) is 17.2. The molecule has 1 N–H and O–H groups in total. The maximum Gasteiger partial charge on any atom is 0.138 e. The largest absolute Gasteiger partial charge is 0.378 e. The summed E-state index contributed by atoms with van der Waals surface area (Å²) in [5, 5.41) is 0.648. The second kappa shape index (κ2) is 7.26. The van der Waals surface area contributed by atoms with Crippen LogP contribution in [-0.4, -0.2) is 41.3 Å². The van der Waals surface area contributed by atoms with Crippen molar-refractivity contribution in [3.8, 4) is 22.6 Å². The van der Waals surface area contributed by atoms with E-state index < -0.39 is 0 Å². The van der Waals surface area contributed by atoms with E-state index in [4.69, 9.17) is 21.3 Å². The number of nitrogens with zero attached hydrogens (tertiary/aromatic N) is 3. The molecule has 3 heterocycles. The smallest absolute Gasteiger partial charge is 0.138 e. The molecule has 4 aromatic rings. The molecule has 0 bridgehead atoms. The molecule has 2 aromatic carbocycles. The second-order valence-electron chi connectivity index (χ2n) is 6.80. The summed E-state index contributed by atoms with van der Waals surface area (Å²) in [4.78, 5) is 14.9. The summed E-state index contributed by atoms with van der Waals surface area (Å²) in [7, 11) is 0. The number of hydrogen-bond donors (Lipinski definition) is 1. The predicted molar refractivity (Wildman–Crippen MR) is 113 cm³/mol. The Labute approximate surface area is 168 Å². The number of halogens is 1. The molecule has 5 rings (SSSR count). The number of benzene rings is 2. The van der Waals surface area contributed by atoms with Gasteiger partial charge >= 0.3 is 0 Å². The third kappa shape index (κ3) is 3.23. The molecule has 1 aliphatic rings. The van der Waals surface area contributed by atoms with E-state index in [9.17, 15) is 0 Å². The van der Waals surface area contributed by atoms with Gasteiger partial charge in [0.15, 0.2) is 0 Å². The van der Waals surface area contributed by atoms with E-state index in [0.717, 1.165) is 60.0 Å². The van der Waals surface area contributed by atoms with E-state index in [1.165, 1.54) is 5.69 Å². The summed E-state index contributed by atoms with van der Waals surface area (Å²) in [6, 6.07) is 18.2. The van der Waals surface area contributed by atoms with E-state index >= 15 is 0 Å². The van der Waals surface area contributed by atoms with Gasteiger partial charge in [-0.2, -0.15) is 0 Å². The van der Waals surface area contributed by atoms with Gasteiger partial charge in [0.2, 0.25) is 0 Å². The van der Waals surface area contributed by atoms with Gasteiger partial charge in [0.25, 0.3) is 0 Å². The van der Waals surface area contributed by atoms with Crippen LogP contribution in [0, 0.1) is 0 Å². The second-order valence-corrected chi connectivity index (χ2v) is 7.20. The average molecular weight is 391 g/mol. The Morgan fingerprint density at radius 1 is 0.964 bits per heavy atom. The molecule has 0 saturated carbocycles.